The number of aromatic nitrogens is 1. The smallest absolute Gasteiger partial charge is 0.254 e. The Balaban J connectivity index is 2.30. The molecule has 0 saturated carbocycles. The van der Waals surface area contributed by atoms with E-state index in [9.17, 15) is 8.42 Å². The van der Waals surface area contributed by atoms with E-state index in [1.807, 2.05) is 0 Å². The van der Waals surface area contributed by atoms with E-state index in [0.717, 1.165) is 5.01 Å². The molecule has 1 atom stereocenters. The molecule has 0 bridgehead atoms. The van der Waals surface area contributed by atoms with Gasteiger partial charge in [-0.1, -0.05) is 0 Å². The molecule has 1 fully saturated rings. The minimum atomic E-state index is -3.48. The molecule has 0 radical (unpaired) electrons. The third-order valence-corrected chi connectivity index (χ3v) is 6.17. The molecule has 2 heterocycles. The van der Waals surface area contributed by atoms with E-state index in [-0.39, 0.29) is 16.1 Å². The Morgan fingerprint density at radius 3 is 3.06 bits per heavy atom. The van der Waals surface area contributed by atoms with E-state index >= 15 is 0 Å². The number of nitrogens with zero attached hydrogens (tertiary/aromatic N) is 2. The van der Waals surface area contributed by atoms with E-state index in [0.29, 0.717) is 19.8 Å². The summed E-state index contributed by atoms with van der Waals surface area (Å²) >= 11 is 6.95. The molecule has 1 aliphatic heterocycles. The Morgan fingerprint density at radius 1 is 1.71 bits per heavy atom. The van der Waals surface area contributed by atoms with Crippen LogP contribution in [0.5, 0.6) is 0 Å². The van der Waals surface area contributed by atoms with Crippen molar-refractivity contribution in [2.45, 2.75) is 17.2 Å². The SMILES string of the molecule is Cc1ncc(S(=O)(=O)N2CCOCC2CCl)s1. The molecule has 96 valence electrons. The number of aryl methyl sites for hydroxylation is 1. The van der Waals surface area contributed by atoms with Crippen LogP contribution >= 0.6 is 22.9 Å². The number of thiazole rings is 1. The zero-order valence-electron chi connectivity index (χ0n) is 9.30. The van der Waals surface area contributed by atoms with Gasteiger partial charge < -0.3 is 4.74 Å². The van der Waals surface area contributed by atoms with Crippen molar-refractivity contribution < 1.29 is 13.2 Å². The maximum atomic E-state index is 12.4. The second kappa shape index (κ2) is 5.19. The summed E-state index contributed by atoms with van der Waals surface area (Å²) in [5.41, 5.74) is 0. The van der Waals surface area contributed by atoms with Crippen molar-refractivity contribution >= 4 is 33.0 Å². The molecule has 5 nitrogen and oxygen atoms in total. The van der Waals surface area contributed by atoms with E-state index < -0.39 is 10.0 Å². The van der Waals surface area contributed by atoms with E-state index in [1.165, 1.54) is 21.8 Å². The molecule has 1 aliphatic rings. The highest BCUT2D eigenvalue weighted by Gasteiger charge is 2.34. The van der Waals surface area contributed by atoms with E-state index in [2.05, 4.69) is 4.98 Å². The fourth-order valence-corrected chi connectivity index (χ4v) is 4.82. The molecule has 0 spiro atoms. The summed E-state index contributed by atoms with van der Waals surface area (Å²) in [6, 6.07) is -0.294. The second-order valence-electron chi connectivity index (χ2n) is 3.70. The van der Waals surface area contributed by atoms with Crippen LogP contribution in [0.2, 0.25) is 0 Å². The van der Waals surface area contributed by atoms with Crippen LogP contribution < -0.4 is 0 Å². The highest BCUT2D eigenvalue weighted by Crippen LogP contribution is 2.25. The lowest BCUT2D eigenvalue weighted by Gasteiger charge is -2.32. The first-order chi connectivity index (χ1) is 8.05. The monoisotopic (exact) mass is 296 g/mol. The number of ether oxygens (including phenoxy) is 1. The highest BCUT2D eigenvalue weighted by atomic mass is 35.5. The minimum absolute atomic E-state index is 0.233. The fourth-order valence-electron chi connectivity index (χ4n) is 1.65. The summed E-state index contributed by atoms with van der Waals surface area (Å²) in [7, 11) is -3.48. The van der Waals surface area contributed by atoms with Gasteiger partial charge in [0.25, 0.3) is 10.0 Å². The molecule has 17 heavy (non-hydrogen) atoms. The van der Waals surface area contributed by atoms with Crippen molar-refractivity contribution in [1.29, 1.82) is 0 Å². The number of sulfonamides is 1. The molecule has 1 unspecified atom stereocenters. The Kier molecular flexibility index (Phi) is 4.04. The van der Waals surface area contributed by atoms with Crippen molar-refractivity contribution in [2.75, 3.05) is 25.6 Å². The number of alkyl halides is 1. The van der Waals surface area contributed by atoms with Crippen LogP contribution in [0.15, 0.2) is 10.4 Å². The lowest BCUT2D eigenvalue weighted by Crippen LogP contribution is -2.49. The molecule has 1 aromatic heterocycles. The van der Waals surface area contributed by atoms with Gasteiger partial charge in [-0.15, -0.1) is 22.9 Å². The molecule has 0 aromatic carbocycles. The first kappa shape index (κ1) is 13.2. The standard InChI is InChI=1S/C9H13ClN2O3S2/c1-7-11-5-9(16-7)17(13,14)12-2-3-15-6-8(12)4-10/h5,8H,2-4,6H2,1H3. The average Bonchev–Trinajstić information content (AvgIpc) is 2.76. The second-order valence-corrected chi connectivity index (χ2v) is 7.36. The molecule has 8 heteroatoms. The Morgan fingerprint density at radius 2 is 2.47 bits per heavy atom. The van der Waals surface area contributed by atoms with Crippen LogP contribution in [0.4, 0.5) is 0 Å². The summed E-state index contributed by atoms with van der Waals surface area (Å²) in [6.45, 7) is 2.88. The maximum absolute atomic E-state index is 12.4. The molecule has 2 rings (SSSR count). The van der Waals surface area contributed by atoms with Gasteiger partial charge in [0.05, 0.1) is 30.5 Å². The van der Waals surface area contributed by atoms with Gasteiger partial charge in [0.2, 0.25) is 0 Å². The number of rotatable bonds is 3. The van der Waals surface area contributed by atoms with Crippen LogP contribution in [0.3, 0.4) is 0 Å². The predicted molar refractivity (Wildman–Crippen MR) is 66.1 cm³/mol. The van der Waals surface area contributed by atoms with Gasteiger partial charge in [-0.05, 0) is 6.92 Å². The molecule has 0 N–H and O–H groups in total. The van der Waals surface area contributed by atoms with Crippen molar-refractivity contribution in [1.82, 2.24) is 9.29 Å². The van der Waals surface area contributed by atoms with Gasteiger partial charge in [-0.3, -0.25) is 0 Å². The Bertz CT molecular complexity index is 488. The normalized spacial score (nSPS) is 22.8. The first-order valence-electron chi connectivity index (χ1n) is 5.13. The number of halogens is 1. The minimum Gasteiger partial charge on any atom is -0.378 e. The number of hydrogen-bond donors (Lipinski definition) is 0. The van der Waals surface area contributed by atoms with Crippen molar-refractivity contribution in [3.8, 4) is 0 Å². The van der Waals surface area contributed by atoms with Gasteiger partial charge in [0.15, 0.2) is 4.21 Å². The lowest BCUT2D eigenvalue weighted by molar-refractivity contribution is 0.0405. The Hall–Kier alpha value is -0.210. The summed E-state index contributed by atoms with van der Waals surface area (Å²) in [6.07, 6.45) is 1.40. The van der Waals surface area contributed by atoms with Gasteiger partial charge in [-0.2, -0.15) is 4.31 Å². The largest absolute Gasteiger partial charge is 0.378 e. The summed E-state index contributed by atoms with van der Waals surface area (Å²) in [5.74, 6) is 0.233. The molecular formula is C9H13ClN2O3S2. The van der Waals surface area contributed by atoms with Gasteiger partial charge >= 0.3 is 0 Å². The third-order valence-electron chi connectivity index (χ3n) is 2.51. The summed E-state index contributed by atoms with van der Waals surface area (Å²) in [5, 5.41) is 0.735. The van der Waals surface area contributed by atoms with Crippen LogP contribution in [0.1, 0.15) is 5.01 Å². The molecule has 0 amide bonds. The quantitative estimate of drug-likeness (QED) is 0.783. The number of hydrogen-bond acceptors (Lipinski definition) is 5. The highest BCUT2D eigenvalue weighted by molar-refractivity contribution is 7.91. The molecule has 1 aromatic rings. The van der Waals surface area contributed by atoms with Crippen LogP contribution in [0.25, 0.3) is 0 Å². The molecular weight excluding hydrogens is 284 g/mol. The fraction of sp³-hybridized carbons (Fsp3) is 0.667. The Labute approximate surface area is 109 Å². The molecule has 0 aliphatic carbocycles. The summed E-state index contributed by atoms with van der Waals surface area (Å²) < 4.78 is 31.6. The van der Waals surface area contributed by atoms with Gasteiger partial charge in [0.1, 0.15) is 0 Å². The summed E-state index contributed by atoms with van der Waals surface area (Å²) in [4.78, 5) is 3.98. The van der Waals surface area contributed by atoms with Crippen LogP contribution in [-0.2, 0) is 14.8 Å². The zero-order valence-corrected chi connectivity index (χ0v) is 11.7. The zero-order chi connectivity index (χ0) is 12.5. The van der Waals surface area contributed by atoms with Crippen molar-refractivity contribution in [3.63, 3.8) is 0 Å². The van der Waals surface area contributed by atoms with Gasteiger partial charge in [0, 0.05) is 12.4 Å². The topological polar surface area (TPSA) is 59.5 Å². The van der Waals surface area contributed by atoms with Crippen LogP contribution in [-0.4, -0.2) is 49.4 Å². The predicted octanol–water partition coefficient (Wildman–Crippen LogP) is 1.08. The van der Waals surface area contributed by atoms with Crippen molar-refractivity contribution in [2.24, 2.45) is 0 Å². The first-order valence-corrected chi connectivity index (χ1v) is 7.93. The van der Waals surface area contributed by atoms with Crippen LogP contribution in [0, 0.1) is 6.92 Å². The average molecular weight is 297 g/mol. The van der Waals surface area contributed by atoms with Crippen molar-refractivity contribution in [3.05, 3.63) is 11.2 Å². The van der Waals surface area contributed by atoms with E-state index in [1.54, 1.807) is 6.92 Å². The van der Waals surface area contributed by atoms with Gasteiger partial charge in [-0.25, -0.2) is 13.4 Å². The maximum Gasteiger partial charge on any atom is 0.254 e. The molecule has 1 saturated heterocycles. The third kappa shape index (κ3) is 2.63. The van der Waals surface area contributed by atoms with E-state index in [4.69, 9.17) is 16.3 Å². The lowest BCUT2D eigenvalue weighted by atomic mass is 10.3. The number of morpholine rings is 1.